The number of benzene rings is 1. The first kappa shape index (κ1) is 17.5. The second kappa shape index (κ2) is 8.69. The molecule has 1 aliphatic rings. The number of nitrogens with zero attached hydrogens (tertiary/aromatic N) is 1. The number of furan rings is 1. The summed E-state index contributed by atoms with van der Waals surface area (Å²) in [5.74, 6) is 1.40. The van der Waals surface area contributed by atoms with Crippen LogP contribution in [0.1, 0.15) is 17.4 Å². The smallest absolute Gasteiger partial charge is 0.258 e. The standard InChI is InChI=1S/C19H24N2O4/c1-15-4-2-5-16(12-15)25-14-19(22)20-13-17(18-6-3-9-24-18)21-7-10-23-11-8-21/h2-6,9,12,17H,7-8,10-11,13-14H2,1H3,(H,20,22)/t17-/m0/s1. The van der Waals surface area contributed by atoms with Gasteiger partial charge in [-0.2, -0.15) is 0 Å². The number of morpholine rings is 1. The molecule has 25 heavy (non-hydrogen) atoms. The Hall–Kier alpha value is -2.31. The van der Waals surface area contributed by atoms with Crippen LogP contribution in [0.4, 0.5) is 0 Å². The number of carbonyl (C=O) groups is 1. The quantitative estimate of drug-likeness (QED) is 0.834. The Labute approximate surface area is 147 Å². The molecule has 3 rings (SSSR count). The van der Waals surface area contributed by atoms with Gasteiger partial charge in [0.25, 0.3) is 5.91 Å². The van der Waals surface area contributed by atoms with Gasteiger partial charge in [-0.3, -0.25) is 9.69 Å². The van der Waals surface area contributed by atoms with Crippen LogP contribution >= 0.6 is 0 Å². The largest absolute Gasteiger partial charge is 0.484 e. The lowest BCUT2D eigenvalue weighted by Gasteiger charge is -2.33. The molecule has 1 N–H and O–H groups in total. The molecule has 1 fully saturated rings. The maximum atomic E-state index is 12.1. The monoisotopic (exact) mass is 344 g/mol. The molecule has 1 aromatic heterocycles. The van der Waals surface area contributed by atoms with E-state index in [1.54, 1.807) is 6.26 Å². The predicted octanol–water partition coefficient (Wildman–Crippen LogP) is 2.16. The maximum Gasteiger partial charge on any atom is 0.258 e. The molecule has 0 saturated carbocycles. The van der Waals surface area contributed by atoms with Crippen LogP contribution < -0.4 is 10.1 Å². The van der Waals surface area contributed by atoms with Crippen molar-refractivity contribution in [3.8, 4) is 5.75 Å². The van der Waals surface area contributed by atoms with Gasteiger partial charge in [-0.05, 0) is 36.8 Å². The van der Waals surface area contributed by atoms with Crippen molar-refractivity contribution in [1.29, 1.82) is 0 Å². The number of amides is 1. The van der Waals surface area contributed by atoms with Crippen LogP contribution in [0, 0.1) is 6.92 Å². The molecule has 0 bridgehead atoms. The molecule has 6 nitrogen and oxygen atoms in total. The van der Waals surface area contributed by atoms with Gasteiger partial charge in [0, 0.05) is 19.6 Å². The van der Waals surface area contributed by atoms with E-state index in [0.29, 0.717) is 25.5 Å². The molecule has 0 unspecified atom stereocenters. The van der Waals surface area contributed by atoms with Crippen molar-refractivity contribution in [2.45, 2.75) is 13.0 Å². The molecule has 2 aromatic rings. The van der Waals surface area contributed by atoms with E-state index in [2.05, 4.69) is 10.2 Å². The lowest BCUT2D eigenvalue weighted by Crippen LogP contribution is -2.44. The fourth-order valence-corrected chi connectivity index (χ4v) is 2.90. The average Bonchev–Trinajstić information content (AvgIpc) is 3.15. The minimum absolute atomic E-state index is 0.00168. The van der Waals surface area contributed by atoms with Crippen LogP contribution in [0.3, 0.4) is 0 Å². The van der Waals surface area contributed by atoms with Gasteiger partial charge in [0.15, 0.2) is 6.61 Å². The minimum Gasteiger partial charge on any atom is -0.484 e. The first-order valence-electron chi connectivity index (χ1n) is 8.54. The first-order valence-corrected chi connectivity index (χ1v) is 8.54. The molecular weight excluding hydrogens is 320 g/mol. The first-order chi connectivity index (χ1) is 12.2. The van der Waals surface area contributed by atoms with Gasteiger partial charge >= 0.3 is 0 Å². The van der Waals surface area contributed by atoms with Crippen LogP contribution in [-0.2, 0) is 9.53 Å². The number of rotatable bonds is 7. The molecule has 0 aliphatic carbocycles. The molecule has 1 amide bonds. The zero-order valence-electron chi connectivity index (χ0n) is 14.4. The Bertz CT molecular complexity index is 666. The van der Waals surface area contributed by atoms with Crippen molar-refractivity contribution in [3.05, 3.63) is 54.0 Å². The number of carbonyl (C=O) groups excluding carboxylic acids is 1. The molecule has 6 heteroatoms. The van der Waals surface area contributed by atoms with Crippen LogP contribution in [-0.4, -0.2) is 50.3 Å². The van der Waals surface area contributed by atoms with E-state index in [9.17, 15) is 4.79 Å². The third-order valence-corrected chi connectivity index (χ3v) is 4.21. The summed E-state index contributed by atoms with van der Waals surface area (Å²) >= 11 is 0. The highest BCUT2D eigenvalue weighted by Crippen LogP contribution is 2.21. The predicted molar refractivity (Wildman–Crippen MR) is 93.5 cm³/mol. The summed E-state index contributed by atoms with van der Waals surface area (Å²) in [6.07, 6.45) is 1.66. The Balaban J connectivity index is 1.52. The summed E-state index contributed by atoms with van der Waals surface area (Å²) in [4.78, 5) is 14.4. The highest BCUT2D eigenvalue weighted by molar-refractivity contribution is 5.77. The minimum atomic E-state index is -0.147. The Morgan fingerprint density at radius 2 is 2.12 bits per heavy atom. The fourth-order valence-electron chi connectivity index (χ4n) is 2.90. The molecule has 1 aromatic carbocycles. The summed E-state index contributed by atoms with van der Waals surface area (Å²) in [6, 6.07) is 11.5. The zero-order valence-corrected chi connectivity index (χ0v) is 14.4. The second-order valence-electron chi connectivity index (χ2n) is 6.09. The molecule has 1 aliphatic heterocycles. The van der Waals surface area contributed by atoms with Crippen molar-refractivity contribution < 1.29 is 18.7 Å². The highest BCUT2D eigenvalue weighted by Gasteiger charge is 2.25. The lowest BCUT2D eigenvalue weighted by molar-refractivity contribution is -0.123. The van der Waals surface area contributed by atoms with Crippen LogP contribution in [0.15, 0.2) is 47.1 Å². The van der Waals surface area contributed by atoms with Gasteiger partial charge in [0.1, 0.15) is 11.5 Å². The van der Waals surface area contributed by atoms with Crippen LogP contribution in [0.5, 0.6) is 5.75 Å². The van der Waals surface area contributed by atoms with E-state index in [4.69, 9.17) is 13.9 Å². The number of nitrogens with one attached hydrogen (secondary N) is 1. The van der Waals surface area contributed by atoms with E-state index in [0.717, 1.165) is 24.4 Å². The van der Waals surface area contributed by atoms with Crippen molar-refractivity contribution in [2.75, 3.05) is 39.5 Å². The van der Waals surface area contributed by atoms with Gasteiger partial charge < -0.3 is 19.2 Å². The summed E-state index contributed by atoms with van der Waals surface area (Å²) in [6.45, 7) is 5.50. The zero-order chi connectivity index (χ0) is 17.5. The fraction of sp³-hybridized carbons (Fsp3) is 0.421. The third-order valence-electron chi connectivity index (χ3n) is 4.21. The normalized spacial score (nSPS) is 16.4. The summed E-state index contributed by atoms with van der Waals surface area (Å²) < 4.78 is 16.5. The summed E-state index contributed by atoms with van der Waals surface area (Å²) in [5.41, 5.74) is 1.10. The number of ether oxygens (including phenoxy) is 2. The topological polar surface area (TPSA) is 63.9 Å². The van der Waals surface area contributed by atoms with E-state index in [1.807, 2.05) is 43.3 Å². The molecule has 1 saturated heterocycles. The van der Waals surface area contributed by atoms with E-state index < -0.39 is 0 Å². The lowest BCUT2D eigenvalue weighted by atomic mass is 10.1. The SMILES string of the molecule is Cc1cccc(OCC(=O)NC[C@@H](c2ccco2)N2CCOCC2)c1. The van der Waals surface area contributed by atoms with Gasteiger partial charge in [-0.1, -0.05) is 12.1 Å². The molecule has 0 spiro atoms. The van der Waals surface area contributed by atoms with Crippen molar-refractivity contribution in [1.82, 2.24) is 10.2 Å². The third kappa shape index (κ3) is 5.08. The average molecular weight is 344 g/mol. The van der Waals surface area contributed by atoms with Gasteiger partial charge in [0.2, 0.25) is 0 Å². The molecule has 0 radical (unpaired) electrons. The molecule has 2 heterocycles. The van der Waals surface area contributed by atoms with E-state index >= 15 is 0 Å². The van der Waals surface area contributed by atoms with E-state index in [-0.39, 0.29) is 18.6 Å². The molecular formula is C19H24N2O4. The number of hydrogen-bond acceptors (Lipinski definition) is 5. The summed E-state index contributed by atoms with van der Waals surface area (Å²) in [5, 5.41) is 2.95. The van der Waals surface area contributed by atoms with Gasteiger partial charge in [-0.25, -0.2) is 0 Å². The van der Waals surface area contributed by atoms with Crippen LogP contribution in [0.25, 0.3) is 0 Å². The Kier molecular flexibility index (Phi) is 6.09. The highest BCUT2D eigenvalue weighted by atomic mass is 16.5. The number of hydrogen-bond donors (Lipinski definition) is 1. The van der Waals surface area contributed by atoms with Gasteiger partial charge in [-0.15, -0.1) is 0 Å². The maximum absolute atomic E-state index is 12.1. The Morgan fingerprint density at radius 1 is 1.28 bits per heavy atom. The second-order valence-corrected chi connectivity index (χ2v) is 6.09. The molecule has 134 valence electrons. The number of aryl methyl sites for hydroxylation is 1. The Morgan fingerprint density at radius 3 is 2.84 bits per heavy atom. The van der Waals surface area contributed by atoms with Gasteiger partial charge in [0.05, 0.1) is 25.5 Å². The van der Waals surface area contributed by atoms with Crippen LogP contribution in [0.2, 0.25) is 0 Å². The molecule has 1 atom stereocenters. The summed E-state index contributed by atoms with van der Waals surface area (Å²) in [7, 11) is 0. The van der Waals surface area contributed by atoms with Crippen molar-refractivity contribution in [3.63, 3.8) is 0 Å². The van der Waals surface area contributed by atoms with E-state index in [1.165, 1.54) is 0 Å². The van der Waals surface area contributed by atoms with Crippen molar-refractivity contribution in [2.24, 2.45) is 0 Å². The van der Waals surface area contributed by atoms with Crippen molar-refractivity contribution >= 4 is 5.91 Å².